The number of ether oxygens (including phenoxy) is 1. The lowest BCUT2D eigenvalue weighted by Crippen LogP contribution is -2.22. The predicted molar refractivity (Wildman–Crippen MR) is 88.4 cm³/mol. The molecule has 0 saturated carbocycles. The molecule has 0 aromatic carbocycles. The van der Waals surface area contributed by atoms with Crippen LogP contribution in [0.5, 0.6) is 0 Å². The average Bonchev–Trinajstić information content (AvgIpc) is 3.03. The summed E-state index contributed by atoms with van der Waals surface area (Å²) in [4.78, 5) is 11.6. The van der Waals surface area contributed by atoms with E-state index >= 15 is 0 Å². The smallest absolute Gasteiger partial charge is 0.311 e. The van der Waals surface area contributed by atoms with Crippen molar-refractivity contribution in [3.05, 3.63) is 22.4 Å². The van der Waals surface area contributed by atoms with E-state index in [4.69, 9.17) is 4.74 Å². The topological polar surface area (TPSA) is 26.3 Å². The fourth-order valence-electron chi connectivity index (χ4n) is 2.13. The summed E-state index contributed by atoms with van der Waals surface area (Å²) in [6.07, 6.45) is 5.61. The van der Waals surface area contributed by atoms with Crippen LogP contribution >= 0.6 is 0 Å². The van der Waals surface area contributed by atoms with E-state index < -0.39 is 13.5 Å². The lowest BCUT2D eigenvalue weighted by atomic mass is 9.97. The number of hydrogen-bond donors (Lipinski definition) is 0. The highest BCUT2D eigenvalue weighted by Gasteiger charge is 2.32. The van der Waals surface area contributed by atoms with Crippen LogP contribution < -0.4 is 0 Å². The SMILES string of the molecule is C/C(=C\COC(=O)C(C)(C)C)CCC1=C([Si](C)(C)C)C1. The van der Waals surface area contributed by atoms with Crippen LogP contribution in [0, 0.1) is 5.41 Å². The zero-order valence-corrected chi connectivity index (χ0v) is 15.2. The van der Waals surface area contributed by atoms with Gasteiger partial charge in [-0.3, -0.25) is 4.79 Å². The molecule has 114 valence electrons. The van der Waals surface area contributed by atoms with Gasteiger partial charge in [0.25, 0.3) is 0 Å². The third-order valence-corrected chi connectivity index (χ3v) is 6.02. The first-order chi connectivity index (χ1) is 9.01. The molecule has 0 radical (unpaired) electrons. The Morgan fingerprint density at radius 3 is 2.35 bits per heavy atom. The van der Waals surface area contributed by atoms with Crippen LogP contribution in [0.15, 0.2) is 22.4 Å². The zero-order chi connectivity index (χ0) is 15.6. The van der Waals surface area contributed by atoms with E-state index in [0.717, 1.165) is 6.42 Å². The number of allylic oxidation sites excluding steroid dienone is 3. The second kappa shape index (κ2) is 6.29. The first-order valence-electron chi connectivity index (χ1n) is 7.56. The molecule has 20 heavy (non-hydrogen) atoms. The van der Waals surface area contributed by atoms with Crippen molar-refractivity contribution in [2.24, 2.45) is 5.41 Å². The normalized spacial score (nSPS) is 16.4. The molecule has 0 spiro atoms. The second-order valence-electron chi connectivity index (χ2n) is 7.91. The molecular weight excluding hydrogens is 264 g/mol. The molecule has 3 heteroatoms. The van der Waals surface area contributed by atoms with E-state index in [1.165, 1.54) is 18.4 Å². The number of carbonyl (C=O) groups is 1. The maximum absolute atomic E-state index is 11.6. The first kappa shape index (κ1) is 17.2. The molecule has 0 N–H and O–H groups in total. The first-order valence-corrected chi connectivity index (χ1v) is 11.1. The van der Waals surface area contributed by atoms with Crippen molar-refractivity contribution in [2.75, 3.05) is 6.61 Å². The Morgan fingerprint density at radius 2 is 1.90 bits per heavy atom. The Morgan fingerprint density at radius 1 is 1.30 bits per heavy atom. The van der Waals surface area contributed by atoms with Gasteiger partial charge in [-0.1, -0.05) is 36.0 Å². The van der Waals surface area contributed by atoms with Crippen molar-refractivity contribution in [3.63, 3.8) is 0 Å². The summed E-state index contributed by atoms with van der Waals surface area (Å²) in [6, 6.07) is 0. The minimum absolute atomic E-state index is 0.132. The summed E-state index contributed by atoms with van der Waals surface area (Å²) in [5, 5.41) is 1.77. The van der Waals surface area contributed by atoms with E-state index in [1.807, 2.05) is 26.8 Å². The van der Waals surface area contributed by atoms with Gasteiger partial charge in [-0.25, -0.2) is 0 Å². The van der Waals surface area contributed by atoms with Gasteiger partial charge in [0, 0.05) is 0 Å². The molecule has 0 heterocycles. The largest absolute Gasteiger partial charge is 0.461 e. The van der Waals surface area contributed by atoms with Crippen LogP contribution in [0.2, 0.25) is 19.6 Å². The van der Waals surface area contributed by atoms with E-state index in [9.17, 15) is 4.79 Å². The average molecular weight is 295 g/mol. The van der Waals surface area contributed by atoms with Gasteiger partial charge in [0.2, 0.25) is 0 Å². The van der Waals surface area contributed by atoms with Crippen LogP contribution in [0.3, 0.4) is 0 Å². The lowest BCUT2D eigenvalue weighted by Gasteiger charge is -2.15. The van der Waals surface area contributed by atoms with Crippen molar-refractivity contribution in [2.45, 2.75) is 66.6 Å². The Kier molecular flexibility index (Phi) is 5.42. The molecule has 0 unspecified atom stereocenters. The van der Waals surface area contributed by atoms with Gasteiger partial charge >= 0.3 is 5.97 Å². The fourth-order valence-corrected chi connectivity index (χ4v) is 4.06. The molecular formula is C17H30O2Si. The predicted octanol–water partition coefficient (Wildman–Crippen LogP) is 4.88. The molecule has 0 aromatic rings. The lowest BCUT2D eigenvalue weighted by molar-refractivity contribution is -0.151. The molecule has 1 aliphatic rings. The standard InChI is InChI=1S/C17H30O2Si/c1-13(10-11-19-16(18)17(2,3)4)8-9-14-12-15(14)20(5,6)7/h10H,8-9,11-12H2,1-7H3/b13-10+. The van der Waals surface area contributed by atoms with E-state index in [-0.39, 0.29) is 5.97 Å². The quantitative estimate of drug-likeness (QED) is 0.396. The van der Waals surface area contributed by atoms with Gasteiger partial charge in [-0.15, -0.1) is 0 Å². The molecule has 0 aromatic heterocycles. The van der Waals surface area contributed by atoms with Crippen LogP contribution in [-0.4, -0.2) is 20.7 Å². The Hall–Kier alpha value is -0.833. The van der Waals surface area contributed by atoms with Crippen molar-refractivity contribution in [1.82, 2.24) is 0 Å². The summed E-state index contributed by atoms with van der Waals surface area (Å²) in [7, 11) is -1.03. The Balaban J connectivity index is 2.31. The second-order valence-corrected chi connectivity index (χ2v) is 13.0. The molecule has 0 saturated heterocycles. The number of carbonyl (C=O) groups excluding carboxylic acids is 1. The van der Waals surface area contributed by atoms with Crippen LogP contribution in [0.4, 0.5) is 0 Å². The van der Waals surface area contributed by atoms with Crippen molar-refractivity contribution >= 4 is 14.0 Å². The molecule has 0 aliphatic heterocycles. The fraction of sp³-hybridized carbons (Fsp3) is 0.706. The molecule has 0 atom stereocenters. The van der Waals surface area contributed by atoms with Gasteiger partial charge in [0.05, 0.1) is 13.5 Å². The van der Waals surface area contributed by atoms with Gasteiger partial charge in [0.1, 0.15) is 6.61 Å². The molecule has 0 fully saturated rings. The molecule has 1 rings (SSSR count). The summed E-state index contributed by atoms with van der Waals surface area (Å²) in [5.41, 5.74) is 2.59. The van der Waals surface area contributed by atoms with Crippen molar-refractivity contribution in [3.8, 4) is 0 Å². The monoisotopic (exact) mass is 294 g/mol. The summed E-state index contributed by atoms with van der Waals surface area (Å²) in [6.45, 7) is 15.4. The summed E-state index contributed by atoms with van der Waals surface area (Å²) in [5.74, 6) is -0.132. The molecule has 0 amide bonds. The number of esters is 1. The maximum atomic E-state index is 11.6. The minimum atomic E-state index is -1.03. The number of rotatable bonds is 6. The molecule has 1 aliphatic carbocycles. The van der Waals surface area contributed by atoms with Crippen molar-refractivity contribution in [1.29, 1.82) is 0 Å². The van der Waals surface area contributed by atoms with Crippen LogP contribution in [-0.2, 0) is 9.53 Å². The van der Waals surface area contributed by atoms with Crippen LogP contribution in [0.1, 0.15) is 47.0 Å². The highest BCUT2D eigenvalue weighted by Crippen LogP contribution is 2.41. The van der Waals surface area contributed by atoms with E-state index in [0.29, 0.717) is 6.61 Å². The van der Waals surface area contributed by atoms with Gasteiger partial charge in [0.15, 0.2) is 0 Å². The number of hydrogen-bond acceptors (Lipinski definition) is 2. The maximum Gasteiger partial charge on any atom is 0.311 e. The summed E-state index contributed by atoms with van der Waals surface area (Å²) < 4.78 is 5.25. The molecule has 0 bridgehead atoms. The van der Waals surface area contributed by atoms with Crippen LogP contribution in [0.25, 0.3) is 0 Å². The zero-order valence-electron chi connectivity index (χ0n) is 14.2. The van der Waals surface area contributed by atoms with Gasteiger partial charge < -0.3 is 4.74 Å². The Labute approximate surface area is 125 Å². The highest BCUT2D eigenvalue weighted by atomic mass is 28.3. The third kappa shape index (κ3) is 5.66. The van der Waals surface area contributed by atoms with Gasteiger partial charge in [-0.2, -0.15) is 0 Å². The highest BCUT2D eigenvalue weighted by molar-refractivity contribution is 6.84. The Bertz CT molecular complexity index is 431. The van der Waals surface area contributed by atoms with Gasteiger partial charge in [-0.05, 0) is 53.0 Å². The minimum Gasteiger partial charge on any atom is -0.461 e. The third-order valence-electron chi connectivity index (χ3n) is 3.68. The van der Waals surface area contributed by atoms with E-state index in [1.54, 1.807) is 10.8 Å². The summed E-state index contributed by atoms with van der Waals surface area (Å²) >= 11 is 0. The molecule has 2 nitrogen and oxygen atoms in total. The van der Waals surface area contributed by atoms with E-state index in [2.05, 4.69) is 26.6 Å². The van der Waals surface area contributed by atoms with Crippen molar-refractivity contribution < 1.29 is 9.53 Å².